The summed E-state index contributed by atoms with van der Waals surface area (Å²) in [7, 11) is 3.13. The van der Waals surface area contributed by atoms with Crippen LogP contribution in [0.4, 0.5) is 9.93 Å². The minimum Gasteiger partial charge on any atom is -0.497 e. The van der Waals surface area contributed by atoms with E-state index in [1.807, 2.05) is 4.90 Å². The zero-order valence-corrected chi connectivity index (χ0v) is 23.5. The highest BCUT2D eigenvalue weighted by Gasteiger charge is 2.34. The number of amides is 1. The Kier molecular flexibility index (Phi) is 8.98. The number of halogens is 2. The van der Waals surface area contributed by atoms with Gasteiger partial charge in [0.15, 0.2) is 5.13 Å². The van der Waals surface area contributed by atoms with Crippen molar-refractivity contribution in [2.45, 2.75) is 32.4 Å². The van der Waals surface area contributed by atoms with Crippen molar-refractivity contribution in [2.75, 3.05) is 38.8 Å². The number of hydrogen-bond acceptors (Lipinski definition) is 10. The van der Waals surface area contributed by atoms with Crippen LogP contribution in [0.25, 0.3) is 11.4 Å². The highest BCUT2D eigenvalue weighted by atomic mass is 35.5. The summed E-state index contributed by atoms with van der Waals surface area (Å²) >= 11 is 13.5. The zero-order valence-electron chi connectivity index (χ0n) is 21.2. The number of hydrogen-bond donors (Lipinski definition) is 2. The normalized spacial score (nSPS) is 17.3. The van der Waals surface area contributed by atoms with Gasteiger partial charge >= 0.3 is 6.16 Å². The molecule has 11 nitrogen and oxygen atoms in total. The third kappa shape index (κ3) is 5.98. The van der Waals surface area contributed by atoms with Gasteiger partial charge in [-0.15, -0.1) is 0 Å². The minimum absolute atomic E-state index is 0.172. The molecule has 0 aromatic carbocycles. The fourth-order valence-corrected chi connectivity index (χ4v) is 5.39. The molecule has 0 radical (unpaired) electrons. The number of pyridine rings is 1. The maximum atomic E-state index is 12.9. The lowest BCUT2D eigenvalue weighted by Crippen LogP contribution is -2.55. The third-order valence-electron chi connectivity index (χ3n) is 5.96. The standard InChI is InChI=1S/C24H27Cl2N5O6S/c1-5-36-24(33)37-22-19(15-10-13(34-3)6-8-27-15)30-23(38-22)31-9-7-14(16(11-31)35-4)29-21(32)20-18(26)17(25)12(2)28-20/h6,8,10,14,16,28H,5,7,9,11H2,1-4H3,(H,29,32)/t14-,16+/m1/s1. The second-order valence-corrected chi connectivity index (χ2v) is 10.0. The van der Waals surface area contributed by atoms with Gasteiger partial charge in [0.25, 0.3) is 5.91 Å². The van der Waals surface area contributed by atoms with Crippen LogP contribution in [0.15, 0.2) is 18.3 Å². The maximum Gasteiger partial charge on any atom is 0.514 e. The topological polar surface area (TPSA) is 128 Å². The van der Waals surface area contributed by atoms with Gasteiger partial charge in [0.05, 0.1) is 41.6 Å². The molecule has 2 N–H and O–H groups in total. The predicted molar refractivity (Wildman–Crippen MR) is 144 cm³/mol. The Bertz CT molecular complexity index is 1320. The van der Waals surface area contributed by atoms with Crippen molar-refractivity contribution >= 4 is 51.7 Å². The first kappa shape index (κ1) is 28.0. The first-order valence-corrected chi connectivity index (χ1v) is 13.3. The first-order valence-electron chi connectivity index (χ1n) is 11.7. The van der Waals surface area contributed by atoms with Crippen LogP contribution in [0.2, 0.25) is 10.0 Å². The quantitative estimate of drug-likeness (QED) is 0.362. The number of aromatic nitrogens is 3. The van der Waals surface area contributed by atoms with Crippen LogP contribution in [-0.2, 0) is 9.47 Å². The highest BCUT2D eigenvalue weighted by molar-refractivity contribution is 7.18. The Hall–Kier alpha value is -3.06. The molecular formula is C24H27Cl2N5O6S. The summed E-state index contributed by atoms with van der Waals surface area (Å²) in [5.74, 6) is 0.220. The predicted octanol–water partition coefficient (Wildman–Crippen LogP) is 4.72. The van der Waals surface area contributed by atoms with E-state index in [2.05, 4.69) is 15.3 Å². The molecular weight excluding hydrogens is 557 g/mol. The number of rotatable bonds is 8. The van der Waals surface area contributed by atoms with Gasteiger partial charge in [-0.1, -0.05) is 34.5 Å². The van der Waals surface area contributed by atoms with Crippen LogP contribution in [0, 0.1) is 6.92 Å². The van der Waals surface area contributed by atoms with E-state index in [-0.39, 0.29) is 40.4 Å². The van der Waals surface area contributed by atoms with Crippen LogP contribution < -0.4 is 19.7 Å². The summed E-state index contributed by atoms with van der Waals surface area (Å²) in [5.41, 5.74) is 1.69. The van der Waals surface area contributed by atoms with Gasteiger partial charge < -0.3 is 34.1 Å². The molecule has 14 heteroatoms. The molecule has 1 fully saturated rings. The molecule has 0 aliphatic carbocycles. The Morgan fingerprint density at radius 3 is 2.74 bits per heavy atom. The number of carbonyl (C=O) groups excluding carboxylic acids is 2. The Labute approximate surface area is 233 Å². The smallest absolute Gasteiger partial charge is 0.497 e. The average Bonchev–Trinajstić information content (AvgIpc) is 3.45. The van der Waals surface area contributed by atoms with E-state index in [4.69, 9.17) is 47.1 Å². The highest BCUT2D eigenvalue weighted by Crippen LogP contribution is 2.40. The monoisotopic (exact) mass is 583 g/mol. The van der Waals surface area contributed by atoms with Gasteiger partial charge in [-0.05, 0) is 26.3 Å². The number of anilines is 1. The Morgan fingerprint density at radius 2 is 2.08 bits per heavy atom. The zero-order chi connectivity index (χ0) is 27.4. The number of nitrogens with one attached hydrogen (secondary N) is 2. The fraction of sp³-hybridized carbons (Fsp3) is 0.417. The molecule has 204 valence electrons. The van der Waals surface area contributed by atoms with E-state index < -0.39 is 6.16 Å². The third-order valence-corrected chi connectivity index (χ3v) is 7.90. The first-order chi connectivity index (χ1) is 18.2. The lowest BCUT2D eigenvalue weighted by atomic mass is 10.0. The molecule has 0 bridgehead atoms. The second-order valence-electron chi connectivity index (χ2n) is 8.34. The van der Waals surface area contributed by atoms with Gasteiger partial charge in [0.2, 0.25) is 5.06 Å². The molecule has 38 heavy (non-hydrogen) atoms. The number of aromatic amines is 1. The molecule has 2 atom stereocenters. The number of ether oxygens (including phenoxy) is 4. The second kappa shape index (κ2) is 12.2. The lowest BCUT2D eigenvalue weighted by Gasteiger charge is -2.37. The summed E-state index contributed by atoms with van der Waals surface area (Å²) in [6.45, 7) is 4.59. The van der Waals surface area contributed by atoms with E-state index in [9.17, 15) is 9.59 Å². The van der Waals surface area contributed by atoms with Gasteiger partial charge in [0.1, 0.15) is 17.1 Å². The molecule has 0 saturated carbocycles. The molecule has 1 aliphatic rings. The average molecular weight is 584 g/mol. The van der Waals surface area contributed by atoms with Crippen molar-refractivity contribution < 1.29 is 28.5 Å². The van der Waals surface area contributed by atoms with Crippen molar-refractivity contribution in [1.29, 1.82) is 0 Å². The van der Waals surface area contributed by atoms with Crippen molar-refractivity contribution in [3.05, 3.63) is 39.8 Å². The molecule has 1 saturated heterocycles. The summed E-state index contributed by atoms with van der Waals surface area (Å²) in [6, 6.07) is 3.13. The van der Waals surface area contributed by atoms with Gasteiger partial charge in [0, 0.05) is 38.2 Å². The summed E-state index contributed by atoms with van der Waals surface area (Å²) in [5, 5.41) is 4.35. The van der Waals surface area contributed by atoms with E-state index in [0.717, 1.165) is 0 Å². The van der Waals surface area contributed by atoms with Gasteiger partial charge in [-0.3, -0.25) is 9.78 Å². The van der Waals surface area contributed by atoms with E-state index >= 15 is 0 Å². The molecule has 4 rings (SSSR count). The summed E-state index contributed by atoms with van der Waals surface area (Å²) in [6.07, 6.45) is 0.966. The van der Waals surface area contributed by atoms with Crippen LogP contribution in [0.1, 0.15) is 29.5 Å². The van der Waals surface area contributed by atoms with Crippen LogP contribution in [0.3, 0.4) is 0 Å². The van der Waals surface area contributed by atoms with Crippen molar-refractivity contribution in [3.63, 3.8) is 0 Å². The number of carbonyl (C=O) groups is 2. The molecule has 0 unspecified atom stereocenters. The summed E-state index contributed by atoms with van der Waals surface area (Å²) in [4.78, 5) is 39.0. The number of H-pyrrole nitrogens is 1. The minimum atomic E-state index is -0.832. The molecule has 0 spiro atoms. The molecule has 4 heterocycles. The van der Waals surface area contributed by atoms with Crippen molar-refractivity contribution in [2.24, 2.45) is 0 Å². The van der Waals surface area contributed by atoms with Gasteiger partial charge in [-0.2, -0.15) is 0 Å². The van der Waals surface area contributed by atoms with Crippen molar-refractivity contribution in [1.82, 2.24) is 20.3 Å². The van der Waals surface area contributed by atoms with Gasteiger partial charge in [-0.25, -0.2) is 9.78 Å². The Morgan fingerprint density at radius 1 is 1.29 bits per heavy atom. The van der Waals surface area contributed by atoms with E-state index in [1.54, 1.807) is 46.4 Å². The van der Waals surface area contributed by atoms with Crippen LogP contribution in [0.5, 0.6) is 10.8 Å². The number of methoxy groups -OCH3 is 2. The van der Waals surface area contributed by atoms with Crippen molar-refractivity contribution in [3.8, 4) is 22.2 Å². The number of thiazole rings is 1. The molecule has 3 aromatic heterocycles. The number of aryl methyl sites for hydroxylation is 1. The fourth-order valence-electron chi connectivity index (χ4n) is 4.02. The van der Waals surface area contributed by atoms with Crippen LogP contribution in [-0.4, -0.2) is 73.1 Å². The molecule has 3 aromatic rings. The lowest BCUT2D eigenvalue weighted by molar-refractivity contribution is 0.0540. The number of piperidine rings is 1. The molecule has 1 aliphatic heterocycles. The SMILES string of the molecule is CCOC(=O)Oc1sc(N2CC[C@@H](NC(=O)c3[nH]c(C)c(Cl)c3Cl)[C@@H](OC)C2)nc1-c1cc(OC)ccn1. The maximum absolute atomic E-state index is 12.9. The Balaban J connectivity index is 1.54. The van der Waals surface area contributed by atoms with E-state index in [1.165, 1.54) is 11.3 Å². The largest absolute Gasteiger partial charge is 0.514 e. The summed E-state index contributed by atoms with van der Waals surface area (Å²) < 4.78 is 21.4. The van der Waals surface area contributed by atoms with E-state index in [0.29, 0.717) is 52.5 Å². The molecule has 1 amide bonds. The number of nitrogens with zero attached hydrogens (tertiary/aromatic N) is 3. The van der Waals surface area contributed by atoms with Crippen LogP contribution >= 0.6 is 34.5 Å².